The van der Waals surface area contributed by atoms with Gasteiger partial charge < -0.3 is 4.74 Å². The molecule has 0 unspecified atom stereocenters. The van der Waals surface area contributed by atoms with Crippen molar-refractivity contribution in [3.63, 3.8) is 0 Å². The van der Waals surface area contributed by atoms with Crippen molar-refractivity contribution in [3.8, 4) is 5.75 Å². The molecule has 1 fully saturated rings. The quantitative estimate of drug-likeness (QED) is 0.556. The molecule has 1 aromatic carbocycles. The van der Waals surface area contributed by atoms with Crippen LogP contribution in [0.2, 0.25) is 0 Å². The fourth-order valence-electron chi connectivity index (χ4n) is 1.33. The zero-order valence-electron chi connectivity index (χ0n) is 8.82. The Balaban J connectivity index is 2.03. The number of ether oxygens (including phenoxy) is 1. The number of rotatable bonds is 3. The summed E-state index contributed by atoms with van der Waals surface area (Å²) in [6.07, 6.45) is 1.95. The first kappa shape index (κ1) is 9.97. The summed E-state index contributed by atoms with van der Waals surface area (Å²) in [5.74, 6) is 0.667. The van der Waals surface area contributed by atoms with Gasteiger partial charge in [-0.3, -0.25) is 4.79 Å². The minimum Gasteiger partial charge on any atom is -0.426 e. The largest absolute Gasteiger partial charge is 0.426 e. The number of carbonyl (C=O) groups is 1. The second kappa shape index (κ2) is 3.89. The summed E-state index contributed by atoms with van der Waals surface area (Å²) in [5, 5.41) is 0. The van der Waals surface area contributed by atoms with E-state index in [4.69, 9.17) is 4.74 Å². The maximum atomic E-state index is 11.4. The smallest absolute Gasteiger partial charge is 0.314 e. The Bertz CT molecular complexity index is 386. The molecule has 1 aromatic rings. The van der Waals surface area contributed by atoms with Crippen molar-refractivity contribution in [1.82, 2.24) is 0 Å². The van der Waals surface area contributed by atoms with Gasteiger partial charge >= 0.3 is 5.97 Å². The van der Waals surface area contributed by atoms with Crippen LogP contribution < -0.4 is 4.74 Å². The van der Waals surface area contributed by atoms with Crippen LogP contribution in [0.5, 0.6) is 5.75 Å². The first-order chi connectivity index (χ1) is 7.16. The number of esters is 1. The Labute approximate surface area is 89.6 Å². The summed E-state index contributed by atoms with van der Waals surface area (Å²) in [6, 6.07) is 7.45. The molecule has 0 radical (unpaired) electrons. The van der Waals surface area contributed by atoms with Crippen molar-refractivity contribution in [1.29, 1.82) is 0 Å². The van der Waals surface area contributed by atoms with E-state index in [0.29, 0.717) is 5.75 Å². The molecule has 15 heavy (non-hydrogen) atoms. The Morgan fingerprint density at radius 1 is 1.33 bits per heavy atom. The molecule has 0 aromatic heterocycles. The Morgan fingerprint density at radius 2 is 1.93 bits per heavy atom. The van der Waals surface area contributed by atoms with Crippen molar-refractivity contribution in [2.75, 3.05) is 0 Å². The number of hydrogen-bond acceptors (Lipinski definition) is 2. The number of hydrogen-bond donors (Lipinski definition) is 0. The molecule has 0 N–H and O–H groups in total. The van der Waals surface area contributed by atoms with E-state index >= 15 is 0 Å². The standard InChI is InChI=1S/C13H14O2/c1-9(2)10-5-7-12(8-6-10)15-13(14)11-3-4-11/h5-8,11H,1,3-4H2,2H3. The first-order valence-corrected chi connectivity index (χ1v) is 5.14. The highest BCUT2D eigenvalue weighted by Crippen LogP contribution is 2.30. The molecule has 78 valence electrons. The predicted molar refractivity (Wildman–Crippen MR) is 59.5 cm³/mol. The van der Waals surface area contributed by atoms with Crippen LogP contribution in [0.1, 0.15) is 25.3 Å². The highest BCUT2D eigenvalue weighted by Gasteiger charge is 2.31. The van der Waals surface area contributed by atoms with E-state index in [2.05, 4.69) is 6.58 Å². The third-order valence-corrected chi connectivity index (χ3v) is 2.48. The van der Waals surface area contributed by atoms with Crippen molar-refractivity contribution < 1.29 is 9.53 Å². The van der Waals surface area contributed by atoms with Crippen LogP contribution in [0.4, 0.5) is 0 Å². The van der Waals surface area contributed by atoms with Gasteiger partial charge in [0.2, 0.25) is 0 Å². The molecule has 2 heteroatoms. The zero-order valence-corrected chi connectivity index (χ0v) is 8.82. The van der Waals surface area contributed by atoms with Crippen molar-refractivity contribution >= 4 is 11.5 Å². The molecule has 1 aliphatic carbocycles. The van der Waals surface area contributed by atoms with Crippen LogP contribution in [-0.2, 0) is 4.79 Å². The molecule has 1 aliphatic rings. The van der Waals surface area contributed by atoms with Crippen LogP contribution in [0.25, 0.3) is 5.57 Å². The molecule has 0 aliphatic heterocycles. The predicted octanol–water partition coefficient (Wildman–Crippen LogP) is 3.04. The van der Waals surface area contributed by atoms with Gasteiger partial charge in [-0.05, 0) is 37.5 Å². The maximum Gasteiger partial charge on any atom is 0.314 e. The van der Waals surface area contributed by atoms with Gasteiger partial charge in [0.25, 0.3) is 0 Å². The molecule has 0 amide bonds. The van der Waals surface area contributed by atoms with Gasteiger partial charge in [0.05, 0.1) is 5.92 Å². The average Bonchev–Trinajstić information content (AvgIpc) is 3.01. The van der Waals surface area contributed by atoms with Gasteiger partial charge in [-0.1, -0.05) is 24.3 Å². The maximum absolute atomic E-state index is 11.4. The molecule has 2 nitrogen and oxygen atoms in total. The van der Waals surface area contributed by atoms with Crippen molar-refractivity contribution in [2.24, 2.45) is 5.92 Å². The SMILES string of the molecule is C=C(C)c1ccc(OC(=O)C2CC2)cc1. The van der Waals surface area contributed by atoms with Gasteiger partial charge in [0.1, 0.15) is 5.75 Å². The summed E-state index contributed by atoms with van der Waals surface area (Å²) >= 11 is 0. The minimum absolute atomic E-state index is 0.0990. The Kier molecular flexibility index (Phi) is 2.58. The van der Waals surface area contributed by atoms with E-state index in [-0.39, 0.29) is 11.9 Å². The van der Waals surface area contributed by atoms with Crippen LogP contribution in [0.15, 0.2) is 30.8 Å². The van der Waals surface area contributed by atoms with Gasteiger partial charge in [-0.15, -0.1) is 0 Å². The average molecular weight is 202 g/mol. The molecule has 0 saturated heterocycles. The normalized spacial score (nSPS) is 14.7. The third kappa shape index (κ3) is 2.46. The summed E-state index contributed by atoms with van der Waals surface area (Å²) in [7, 11) is 0. The van der Waals surface area contributed by atoms with E-state index in [1.54, 1.807) is 0 Å². The topological polar surface area (TPSA) is 26.3 Å². The fraction of sp³-hybridized carbons (Fsp3) is 0.308. The molecule has 2 rings (SSSR count). The molecule has 0 heterocycles. The molecule has 1 saturated carbocycles. The number of allylic oxidation sites excluding steroid dienone is 1. The van der Waals surface area contributed by atoms with E-state index in [1.165, 1.54) is 0 Å². The third-order valence-electron chi connectivity index (χ3n) is 2.48. The molecular formula is C13H14O2. The van der Waals surface area contributed by atoms with Crippen LogP contribution in [-0.4, -0.2) is 5.97 Å². The Morgan fingerprint density at radius 3 is 2.40 bits per heavy atom. The molecule has 0 bridgehead atoms. The second-order valence-corrected chi connectivity index (χ2v) is 4.00. The number of carbonyl (C=O) groups excluding carboxylic acids is 1. The van der Waals surface area contributed by atoms with Gasteiger partial charge in [-0.25, -0.2) is 0 Å². The van der Waals surface area contributed by atoms with Gasteiger partial charge in [0, 0.05) is 0 Å². The summed E-state index contributed by atoms with van der Waals surface area (Å²) in [6.45, 7) is 5.80. The Hall–Kier alpha value is -1.57. The fourth-order valence-corrected chi connectivity index (χ4v) is 1.33. The van der Waals surface area contributed by atoms with Crippen molar-refractivity contribution in [3.05, 3.63) is 36.4 Å². The van der Waals surface area contributed by atoms with E-state index < -0.39 is 0 Å². The van der Waals surface area contributed by atoms with Crippen LogP contribution in [0, 0.1) is 5.92 Å². The second-order valence-electron chi connectivity index (χ2n) is 4.00. The lowest BCUT2D eigenvalue weighted by molar-refractivity contribution is -0.135. The van der Waals surface area contributed by atoms with Gasteiger partial charge in [0.15, 0.2) is 0 Å². The molecule has 0 atom stereocenters. The highest BCUT2D eigenvalue weighted by atomic mass is 16.5. The van der Waals surface area contributed by atoms with E-state index in [1.807, 2.05) is 31.2 Å². The highest BCUT2D eigenvalue weighted by molar-refractivity contribution is 5.77. The van der Waals surface area contributed by atoms with Gasteiger partial charge in [-0.2, -0.15) is 0 Å². The van der Waals surface area contributed by atoms with Crippen LogP contribution >= 0.6 is 0 Å². The van der Waals surface area contributed by atoms with Crippen LogP contribution in [0.3, 0.4) is 0 Å². The van der Waals surface area contributed by atoms with Crippen molar-refractivity contribution in [2.45, 2.75) is 19.8 Å². The lowest BCUT2D eigenvalue weighted by atomic mass is 10.1. The molecular weight excluding hydrogens is 188 g/mol. The lowest BCUT2D eigenvalue weighted by Crippen LogP contribution is -2.09. The zero-order chi connectivity index (χ0) is 10.8. The lowest BCUT2D eigenvalue weighted by Gasteiger charge is -2.04. The first-order valence-electron chi connectivity index (χ1n) is 5.14. The summed E-state index contributed by atoms with van der Waals surface area (Å²) in [4.78, 5) is 11.4. The van der Waals surface area contributed by atoms with E-state index in [9.17, 15) is 4.79 Å². The number of benzene rings is 1. The summed E-state index contributed by atoms with van der Waals surface area (Å²) < 4.78 is 5.20. The summed E-state index contributed by atoms with van der Waals surface area (Å²) in [5.41, 5.74) is 2.08. The molecule has 0 spiro atoms. The monoisotopic (exact) mass is 202 g/mol. The van der Waals surface area contributed by atoms with E-state index in [0.717, 1.165) is 24.0 Å². The minimum atomic E-state index is -0.0990.